The monoisotopic (exact) mass is 438 g/mol. The average Bonchev–Trinajstić information content (AvgIpc) is 3.48. The van der Waals surface area contributed by atoms with Crippen LogP contribution in [0.1, 0.15) is 18.9 Å². The van der Waals surface area contributed by atoms with Crippen LogP contribution in [0.2, 0.25) is 10.0 Å². The van der Waals surface area contributed by atoms with Crippen molar-refractivity contribution in [2.75, 3.05) is 11.5 Å². The summed E-state index contributed by atoms with van der Waals surface area (Å²) in [6.07, 6.45) is 2.00. The van der Waals surface area contributed by atoms with E-state index >= 15 is 0 Å². The maximum atomic E-state index is 12.8. The molecule has 3 aromatic rings. The number of hydrogen-bond acceptors (Lipinski definition) is 4. The van der Waals surface area contributed by atoms with Crippen LogP contribution in [-0.2, 0) is 10.8 Å². The van der Waals surface area contributed by atoms with Crippen LogP contribution in [0.25, 0.3) is 10.9 Å². The van der Waals surface area contributed by atoms with E-state index in [-0.39, 0.29) is 11.6 Å². The summed E-state index contributed by atoms with van der Waals surface area (Å²) >= 11 is 13.6. The Balaban J connectivity index is 1.55. The van der Waals surface area contributed by atoms with Crippen LogP contribution in [0.5, 0.6) is 0 Å². The number of nitrogens with zero attached hydrogens (tertiary/aromatic N) is 2. The van der Waals surface area contributed by atoms with Crippen molar-refractivity contribution in [3.8, 4) is 0 Å². The van der Waals surface area contributed by atoms with E-state index in [0.29, 0.717) is 42.5 Å². The summed E-state index contributed by atoms with van der Waals surface area (Å²) in [5, 5.41) is 2.29. The molecule has 0 bridgehead atoms. The van der Waals surface area contributed by atoms with Gasteiger partial charge in [-0.05, 0) is 43.2 Å². The Kier molecular flexibility index (Phi) is 5.60. The van der Waals surface area contributed by atoms with Gasteiger partial charge in [0.05, 0.1) is 31.6 Å². The third kappa shape index (κ3) is 4.09. The molecule has 0 unspecified atom stereocenters. The fourth-order valence-corrected chi connectivity index (χ4v) is 5.88. The summed E-state index contributed by atoms with van der Waals surface area (Å²) in [6.45, 7) is 0. The molecule has 0 radical (unpaired) electrons. The molecule has 0 N–H and O–H groups in total. The Bertz CT molecular complexity index is 1100. The molecule has 0 aliphatic heterocycles. The molecule has 1 aliphatic carbocycles. The Labute approximate surface area is 173 Å². The number of hydrogen-bond donors (Lipinski definition) is 0. The predicted octanol–water partition coefficient (Wildman–Crippen LogP) is 4.94. The molecule has 0 spiro atoms. The molecule has 0 saturated heterocycles. The van der Waals surface area contributed by atoms with E-state index in [1.165, 1.54) is 11.8 Å². The molecule has 140 valence electrons. The van der Waals surface area contributed by atoms with Crippen LogP contribution >= 0.6 is 35.0 Å². The Morgan fingerprint density at radius 1 is 1.19 bits per heavy atom. The van der Waals surface area contributed by atoms with Crippen molar-refractivity contribution in [2.45, 2.75) is 28.9 Å². The van der Waals surface area contributed by atoms with Gasteiger partial charge in [0.1, 0.15) is 0 Å². The third-order valence-corrected chi connectivity index (χ3v) is 7.62. The molecule has 27 heavy (non-hydrogen) atoms. The lowest BCUT2D eigenvalue weighted by molar-refractivity contribution is 0.618. The number of halogens is 2. The van der Waals surface area contributed by atoms with Crippen molar-refractivity contribution in [3.05, 3.63) is 62.9 Å². The highest BCUT2D eigenvalue weighted by atomic mass is 35.5. The second-order valence-electron chi connectivity index (χ2n) is 6.29. The lowest BCUT2D eigenvalue weighted by Crippen LogP contribution is -2.22. The van der Waals surface area contributed by atoms with Crippen molar-refractivity contribution in [1.82, 2.24) is 9.55 Å². The normalized spacial score (nSPS) is 15.2. The minimum atomic E-state index is -1.27. The van der Waals surface area contributed by atoms with E-state index in [9.17, 15) is 9.00 Å². The first-order valence-electron chi connectivity index (χ1n) is 8.52. The van der Waals surface area contributed by atoms with E-state index in [0.717, 1.165) is 12.8 Å². The van der Waals surface area contributed by atoms with Gasteiger partial charge in [0.2, 0.25) is 0 Å². The maximum absolute atomic E-state index is 12.8. The molecule has 4 rings (SSSR count). The van der Waals surface area contributed by atoms with Crippen molar-refractivity contribution >= 4 is 56.7 Å². The molecule has 1 fully saturated rings. The number of thioether (sulfide) groups is 1. The van der Waals surface area contributed by atoms with Crippen molar-refractivity contribution in [1.29, 1.82) is 0 Å². The second kappa shape index (κ2) is 7.95. The quantitative estimate of drug-likeness (QED) is 0.403. The maximum Gasteiger partial charge on any atom is 0.262 e. The molecule has 8 heteroatoms. The summed E-state index contributed by atoms with van der Waals surface area (Å²) in [6, 6.07) is 12.6. The third-order valence-electron chi connectivity index (χ3n) is 4.33. The van der Waals surface area contributed by atoms with Gasteiger partial charge in [-0.15, -0.1) is 0 Å². The zero-order valence-electron chi connectivity index (χ0n) is 14.2. The minimum Gasteiger partial charge on any atom is -0.284 e. The smallest absolute Gasteiger partial charge is 0.262 e. The number of fused-ring (bicyclic) bond motifs is 1. The number of rotatable bonds is 6. The van der Waals surface area contributed by atoms with Gasteiger partial charge in [0.15, 0.2) is 5.16 Å². The first-order chi connectivity index (χ1) is 13.0. The van der Waals surface area contributed by atoms with Crippen LogP contribution < -0.4 is 5.56 Å². The zero-order valence-corrected chi connectivity index (χ0v) is 17.4. The van der Waals surface area contributed by atoms with Crippen molar-refractivity contribution in [3.63, 3.8) is 0 Å². The molecular weight excluding hydrogens is 423 g/mol. The van der Waals surface area contributed by atoms with Gasteiger partial charge in [-0.25, -0.2) is 4.98 Å². The second-order valence-corrected chi connectivity index (χ2v) is 9.74. The highest BCUT2D eigenvalue weighted by Gasteiger charge is 2.28. The summed E-state index contributed by atoms with van der Waals surface area (Å²) in [7, 11) is -1.27. The number of para-hydroxylation sites is 1. The lowest BCUT2D eigenvalue weighted by atomic mass is 10.2. The Morgan fingerprint density at radius 2 is 1.96 bits per heavy atom. The van der Waals surface area contributed by atoms with Gasteiger partial charge >= 0.3 is 0 Å². The van der Waals surface area contributed by atoms with Crippen LogP contribution in [0, 0.1) is 0 Å². The molecule has 2 aromatic carbocycles. The van der Waals surface area contributed by atoms with Crippen LogP contribution in [0.4, 0.5) is 0 Å². The Hall–Kier alpha value is -1.34. The van der Waals surface area contributed by atoms with Crippen molar-refractivity contribution < 1.29 is 4.21 Å². The number of benzene rings is 2. The topological polar surface area (TPSA) is 52.0 Å². The molecule has 0 amide bonds. The van der Waals surface area contributed by atoms with Gasteiger partial charge in [0, 0.05) is 22.6 Å². The molecule has 1 aromatic heterocycles. The molecule has 1 saturated carbocycles. The van der Waals surface area contributed by atoms with E-state index in [4.69, 9.17) is 23.2 Å². The first-order valence-corrected chi connectivity index (χ1v) is 11.6. The molecular formula is C19H16Cl2N2O2S2. The lowest BCUT2D eigenvalue weighted by Gasteiger charge is -2.12. The molecule has 1 heterocycles. The summed E-state index contributed by atoms with van der Waals surface area (Å²) in [5.74, 6) is 0.963. The minimum absolute atomic E-state index is 0.00427. The van der Waals surface area contributed by atoms with E-state index in [1.54, 1.807) is 22.8 Å². The summed E-state index contributed by atoms with van der Waals surface area (Å²) < 4.78 is 14.4. The standard InChI is InChI=1S/C19H16Cl2N2O2S2/c20-12-5-8-15(21)17(11-12)27(25)10-9-26-19-22-16-4-2-1-3-14(16)18(24)23(19)13-6-7-13/h1-5,8,11,13H,6-7,9-10H2/t27-/m1/s1. The summed E-state index contributed by atoms with van der Waals surface area (Å²) in [5.41, 5.74) is 0.700. The molecule has 4 nitrogen and oxygen atoms in total. The van der Waals surface area contributed by atoms with E-state index in [2.05, 4.69) is 4.98 Å². The molecule has 1 atom stereocenters. The van der Waals surface area contributed by atoms with Gasteiger partial charge in [-0.3, -0.25) is 13.6 Å². The first kappa shape index (κ1) is 19.0. The van der Waals surface area contributed by atoms with Crippen molar-refractivity contribution in [2.24, 2.45) is 0 Å². The average molecular weight is 439 g/mol. The number of aromatic nitrogens is 2. The van der Waals surface area contributed by atoms with Crippen LogP contribution in [0.3, 0.4) is 0 Å². The predicted molar refractivity (Wildman–Crippen MR) is 113 cm³/mol. The van der Waals surface area contributed by atoms with Gasteiger partial charge in [0.25, 0.3) is 5.56 Å². The van der Waals surface area contributed by atoms with Crippen LogP contribution in [-0.4, -0.2) is 25.3 Å². The highest BCUT2D eigenvalue weighted by Crippen LogP contribution is 2.37. The fourth-order valence-electron chi connectivity index (χ4n) is 2.85. The fraction of sp³-hybridized carbons (Fsp3) is 0.263. The van der Waals surface area contributed by atoms with Gasteiger partial charge in [-0.2, -0.15) is 0 Å². The van der Waals surface area contributed by atoms with Crippen LogP contribution in [0.15, 0.2) is 57.3 Å². The molecule has 1 aliphatic rings. The Morgan fingerprint density at radius 3 is 2.74 bits per heavy atom. The largest absolute Gasteiger partial charge is 0.284 e. The highest BCUT2D eigenvalue weighted by molar-refractivity contribution is 8.00. The zero-order chi connectivity index (χ0) is 19.0. The van der Waals surface area contributed by atoms with Gasteiger partial charge < -0.3 is 0 Å². The van der Waals surface area contributed by atoms with Gasteiger partial charge in [-0.1, -0.05) is 47.1 Å². The van der Waals surface area contributed by atoms with E-state index < -0.39 is 10.8 Å². The SMILES string of the molecule is O=c1c2ccccc2nc(SCC[S@@](=O)c2cc(Cl)ccc2Cl)n1C1CC1. The van der Waals surface area contributed by atoms with E-state index in [1.807, 2.05) is 24.3 Å². The summed E-state index contributed by atoms with van der Waals surface area (Å²) in [4.78, 5) is 18.1.